The molecule has 0 saturated carbocycles. The molecule has 0 bridgehead atoms. The van der Waals surface area contributed by atoms with Gasteiger partial charge in [0, 0.05) is 41.0 Å². The molecule has 0 spiro atoms. The van der Waals surface area contributed by atoms with Gasteiger partial charge in [0.25, 0.3) is 0 Å². The van der Waals surface area contributed by atoms with Crippen LogP contribution in [0.25, 0.3) is 28.4 Å². The molecule has 10 heteroatoms. The second-order valence-corrected chi connectivity index (χ2v) is 9.45. The molecule has 1 atom stereocenters. The number of halogens is 1. The zero-order chi connectivity index (χ0) is 28.1. The van der Waals surface area contributed by atoms with Gasteiger partial charge in [0.05, 0.1) is 5.69 Å². The standard InChI is InChI=1S/C30H24ClN7O2/c1-3-23-24(36-27(35-23)25-16-20-6-4-5-7-21(20)17-34-25)14-18(2)28(39)37-26(15-19-8-10-22(31)11-9-19)29(40)38-30-32-12-13-33-30/h1,4-14,16-17,26H,15H2,2H3,(H,35,36)(H,37,39)(H2,32,33,38,40)/b18-14+/t26-/m0/s1. The van der Waals surface area contributed by atoms with Crippen LogP contribution in [0.4, 0.5) is 5.95 Å². The van der Waals surface area contributed by atoms with Crippen LogP contribution in [0, 0.1) is 12.3 Å². The number of hydrogen-bond acceptors (Lipinski definition) is 5. The third kappa shape index (κ3) is 6.09. The number of anilines is 1. The number of rotatable bonds is 8. The summed E-state index contributed by atoms with van der Waals surface area (Å²) in [4.78, 5) is 45.3. The van der Waals surface area contributed by atoms with Gasteiger partial charge in [0.2, 0.25) is 17.8 Å². The van der Waals surface area contributed by atoms with E-state index in [1.54, 1.807) is 49.7 Å². The number of nitrogens with zero attached hydrogens (tertiary/aromatic N) is 3. The highest BCUT2D eigenvalue weighted by atomic mass is 35.5. The molecule has 0 fully saturated rings. The Kier molecular flexibility index (Phi) is 7.71. The molecule has 9 nitrogen and oxygen atoms in total. The van der Waals surface area contributed by atoms with Crippen LogP contribution in [0.2, 0.25) is 5.02 Å². The van der Waals surface area contributed by atoms with E-state index in [1.807, 2.05) is 30.3 Å². The summed E-state index contributed by atoms with van der Waals surface area (Å²) in [6.07, 6.45) is 12.4. The van der Waals surface area contributed by atoms with E-state index in [2.05, 4.69) is 41.5 Å². The van der Waals surface area contributed by atoms with Crippen molar-refractivity contribution in [2.45, 2.75) is 19.4 Å². The highest BCUT2D eigenvalue weighted by molar-refractivity contribution is 6.30. The average Bonchev–Trinajstić information content (AvgIpc) is 3.63. The molecule has 0 aliphatic heterocycles. The quantitative estimate of drug-likeness (QED) is 0.164. The van der Waals surface area contributed by atoms with E-state index in [1.165, 1.54) is 6.20 Å². The lowest BCUT2D eigenvalue weighted by Gasteiger charge is -2.18. The Morgan fingerprint density at radius 2 is 1.90 bits per heavy atom. The molecular weight excluding hydrogens is 526 g/mol. The summed E-state index contributed by atoms with van der Waals surface area (Å²) in [5.41, 5.74) is 2.57. The van der Waals surface area contributed by atoms with Gasteiger partial charge in [-0.05, 0) is 42.1 Å². The third-order valence-electron chi connectivity index (χ3n) is 6.18. The van der Waals surface area contributed by atoms with Gasteiger partial charge < -0.3 is 15.3 Å². The van der Waals surface area contributed by atoms with Crippen LogP contribution < -0.4 is 10.6 Å². The molecule has 0 aliphatic carbocycles. The largest absolute Gasteiger partial charge is 0.340 e. The van der Waals surface area contributed by atoms with Crippen LogP contribution in [-0.4, -0.2) is 42.8 Å². The molecule has 0 aliphatic rings. The van der Waals surface area contributed by atoms with Crippen molar-refractivity contribution >= 4 is 46.2 Å². The molecule has 0 radical (unpaired) electrons. The molecule has 0 unspecified atom stereocenters. The maximum Gasteiger partial charge on any atom is 0.249 e. The van der Waals surface area contributed by atoms with Crippen molar-refractivity contribution in [2.24, 2.45) is 0 Å². The van der Waals surface area contributed by atoms with Crippen molar-refractivity contribution in [3.05, 3.63) is 101 Å². The number of benzene rings is 2. The molecular formula is C30H24ClN7O2. The number of fused-ring (bicyclic) bond motifs is 1. The molecule has 2 amide bonds. The summed E-state index contributed by atoms with van der Waals surface area (Å²) in [6.45, 7) is 1.63. The van der Waals surface area contributed by atoms with Gasteiger partial charge in [-0.15, -0.1) is 6.42 Å². The normalized spacial score (nSPS) is 12.1. The van der Waals surface area contributed by atoms with E-state index in [0.717, 1.165) is 16.3 Å². The van der Waals surface area contributed by atoms with Crippen LogP contribution in [-0.2, 0) is 16.0 Å². The molecule has 2 aromatic carbocycles. The second-order valence-electron chi connectivity index (χ2n) is 9.02. The number of H-pyrrole nitrogens is 2. The molecule has 4 N–H and O–H groups in total. The van der Waals surface area contributed by atoms with Crippen LogP contribution in [0.5, 0.6) is 0 Å². The lowest BCUT2D eigenvalue weighted by molar-refractivity contribution is -0.124. The maximum absolute atomic E-state index is 13.2. The number of carbonyl (C=O) groups is 2. The summed E-state index contributed by atoms with van der Waals surface area (Å²) in [6, 6.07) is 15.9. The van der Waals surface area contributed by atoms with E-state index in [4.69, 9.17) is 18.0 Å². The van der Waals surface area contributed by atoms with E-state index in [-0.39, 0.29) is 12.4 Å². The predicted molar refractivity (Wildman–Crippen MR) is 155 cm³/mol. The number of amides is 2. The zero-order valence-corrected chi connectivity index (χ0v) is 22.2. The van der Waals surface area contributed by atoms with Gasteiger partial charge in [-0.25, -0.2) is 9.97 Å². The first-order valence-corrected chi connectivity index (χ1v) is 12.7. The van der Waals surface area contributed by atoms with E-state index >= 15 is 0 Å². The van der Waals surface area contributed by atoms with Crippen molar-refractivity contribution in [2.75, 3.05) is 5.32 Å². The Labute approximate surface area is 235 Å². The minimum atomic E-state index is -0.897. The highest BCUT2D eigenvalue weighted by Crippen LogP contribution is 2.22. The molecule has 40 heavy (non-hydrogen) atoms. The number of aromatic amines is 2. The van der Waals surface area contributed by atoms with Crippen LogP contribution >= 0.6 is 11.6 Å². The second kappa shape index (κ2) is 11.7. The van der Waals surface area contributed by atoms with Gasteiger partial charge >= 0.3 is 0 Å². The fraction of sp³-hybridized carbons (Fsp3) is 0.100. The summed E-state index contributed by atoms with van der Waals surface area (Å²) in [5.74, 6) is 2.45. The lowest BCUT2D eigenvalue weighted by atomic mass is 10.0. The Hall–Kier alpha value is -5.20. The summed E-state index contributed by atoms with van der Waals surface area (Å²) in [7, 11) is 0. The minimum Gasteiger partial charge on any atom is -0.340 e. The van der Waals surface area contributed by atoms with Crippen molar-refractivity contribution < 1.29 is 9.59 Å². The smallest absolute Gasteiger partial charge is 0.249 e. The first kappa shape index (κ1) is 26.4. The Balaban J connectivity index is 1.37. The number of hydrogen-bond donors (Lipinski definition) is 4. The van der Waals surface area contributed by atoms with E-state index in [9.17, 15) is 9.59 Å². The third-order valence-corrected chi connectivity index (χ3v) is 6.43. The summed E-state index contributed by atoms with van der Waals surface area (Å²) in [5, 5.41) is 8.09. The number of aromatic nitrogens is 5. The lowest BCUT2D eigenvalue weighted by Crippen LogP contribution is -2.45. The number of imidazole rings is 2. The van der Waals surface area contributed by atoms with Crippen LogP contribution in [0.15, 0.2) is 78.8 Å². The first-order chi connectivity index (χ1) is 19.4. The summed E-state index contributed by atoms with van der Waals surface area (Å²) < 4.78 is 0. The topological polar surface area (TPSA) is 128 Å². The predicted octanol–water partition coefficient (Wildman–Crippen LogP) is 4.75. The Morgan fingerprint density at radius 3 is 2.62 bits per heavy atom. The average molecular weight is 550 g/mol. The molecule has 198 valence electrons. The number of terminal acetylenes is 1. The van der Waals surface area contributed by atoms with Crippen molar-refractivity contribution in [1.29, 1.82) is 0 Å². The van der Waals surface area contributed by atoms with Crippen LogP contribution in [0.3, 0.4) is 0 Å². The van der Waals surface area contributed by atoms with Gasteiger partial charge in [-0.2, -0.15) is 0 Å². The number of carbonyl (C=O) groups excluding carboxylic acids is 2. The number of pyridine rings is 1. The minimum absolute atomic E-state index is 0.235. The molecule has 0 saturated heterocycles. The molecule has 5 aromatic rings. The monoisotopic (exact) mass is 549 g/mol. The number of nitrogens with one attached hydrogen (secondary N) is 4. The van der Waals surface area contributed by atoms with Crippen molar-refractivity contribution in [3.63, 3.8) is 0 Å². The fourth-order valence-corrected chi connectivity index (χ4v) is 4.21. The Morgan fingerprint density at radius 1 is 1.12 bits per heavy atom. The van der Waals surface area contributed by atoms with E-state index in [0.29, 0.717) is 33.5 Å². The summed E-state index contributed by atoms with van der Waals surface area (Å²) >= 11 is 6.00. The van der Waals surface area contributed by atoms with Gasteiger partial charge in [0.1, 0.15) is 17.4 Å². The first-order valence-electron chi connectivity index (χ1n) is 12.3. The van der Waals surface area contributed by atoms with Gasteiger partial charge in [-0.3, -0.25) is 19.9 Å². The van der Waals surface area contributed by atoms with Gasteiger partial charge in [0.15, 0.2) is 5.82 Å². The van der Waals surface area contributed by atoms with Crippen molar-refractivity contribution in [3.8, 4) is 23.9 Å². The van der Waals surface area contributed by atoms with Crippen molar-refractivity contribution in [1.82, 2.24) is 30.2 Å². The molecule has 3 heterocycles. The Bertz CT molecular complexity index is 1750. The van der Waals surface area contributed by atoms with E-state index < -0.39 is 17.9 Å². The zero-order valence-electron chi connectivity index (χ0n) is 21.4. The maximum atomic E-state index is 13.2. The van der Waals surface area contributed by atoms with Crippen LogP contribution in [0.1, 0.15) is 23.9 Å². The van der Waals surface area contributed by atoms with Gasteiger partial charge in [-0.1, -0.05) is 53.9 Å². The highest BCUT2D eigenvalue weighted by Gasteiger charge is 2.23. The fourth-order valence-electron chi connectivity index (χ4n) is 4.08. The molecule has 3 aromatic heterocycles. The molecule has 5 rings (SSSR count). The SMILES string of the molecule is C#Cc1[nH]c(-c2cc3ccccc3cn2)nc1/C=C(\C)C(=O)N[C@@H](Cc1ccc(Cl)cc1)C(=O)Nc1ncc[nH]1.